The Morgan fingerprint density at radius 3 is 2.61 bits per heavy atom. The average Bonchev–Trinajstić information content (AvgIpc) is 3.29. The smallest absolute Gasteiger partial charge is 0.222 e. The summed E-state index contributed by atoms with van der Waals surface area (Å²) >= 11 is 0. The second-order valence-electron chi connectivity index (χ2n) is 6.67. The molecule has 1 heterocycles. The van der Waals surface area contributed by atoms with E-state index in [1.807, 2.05) is 35.2 Å². The number of benzene rings is 1. The molecule has 1 aromatic carbocycles. The van der Waals surface area contributed by atoms with Gasteiger partial charge in [0.25, 0.3) is 0 Å². The van der Waals surface area contributed by atoms with Crippen molar-refractivity contribution < 1.29 is 14.3 Å². The molecule has 1 aliphatic carbocycles. The lowest BCUT2D eigenvalue weighted by Crippen LogP contribution is -2.30. The van der Waals surface area contributed by atoms with Crippen LogP contribution in [0.2, 0.25) is 0 Å². The maximum atomic E-state index is 12.2. The first-order valence-electron chi connectivity index (χ1n) is 8.70. The van der Waals surface area contributed by atoms with Gasteiger partial charge in [-0.25, -0.2) is 0 Å². The number of carbonyl (C=O) groups is 2. The lowest BCUT2D eigenvalue weighted by Gasteiger charge is -2.16. The molecule has 1 aliphatic heterocycles. The van der Waals surface area contributed by atoms with Gasteiger partial charge in [-0.3, -0.25) is 9.59 Å². The van der Waals surface area contributed by atoms with Gasteiger partial charge in [0.2, 0.25) is 5.91 Å². The van der Waals surface area contributed by atoms with Crippen LogP contribution in [0, 0.1) is 5.92 Å². The van der Waals surface area contributed by atoms with E-state index in [1.54, 1.807) is 0 Å². The predicted molar refractivity (Wildman–Crippen MR) is 88.3 cm³/mol. The zero-order valence-corrected chi connectivity index (χ0v) is 13.6. The predicted octanol–water partition coefficient (Wildman–Crippen LogP) is 3.07. The van der Waals surface area contributed by atoms with Crippen LogP contribution in [0.4, 0.5) is 0 Å². The van der Waals surface area contributed by atoms with Crippen LogP contribution in [-0.4, -0.2) is 42.4 Å². The monoisotopic (exact) mass is 315 g/mol. The molecule has 3 rings (SSSR count). The second-order valence-corrected chi connectivity index (χ2v) is 6.67. The van der Waals surface area contributed by atoms with Gasteiger partial charge >= 0.3 is 0 Å². The summed E-state index contributed by atoms with van der Waals surface area (Å²) in [6, 6.07) is 9.28. The Kier molecular flexibility index (Phi) is 5.44. The summed E-state index contributed by atoms with van der Waals surface area (Å²) in [6.07, 6.45) is 5.26. The first-order chi connectivity index (χ1) is 11.2. The van der Waals surface area contributed by atoms with Crippen LogP contribution in [0.1, 0.15) is 48.9 Å². The molecule has 4 nitrogen and oxygen atoms in total. The van der Waals surface area contributed by atoms with E-state index in [-0.39, 0.29) is 17.8 Å². The number of hydrogen-bond acceptors (Lipinski definition) is 3. The van der Waals surface area contributed by atoms with Gasteiger partial charge in [-0.05, 0) is 31.6 Å². The van der Waals surface area contributed by atoms with Gasteiger partial charge < -0.3 is 9.64 Å². The lowest BCUT2D eigenvalue weighted by atomic mass is 10.1. The molecule has 1 unspecified atom stereocenters. The number of likely N-dealkylation sites (tertiary alicyclic amines) is 1. The molecule has 1 saturated heterocycles. The highest BCUT2D eigenvalue weighted by Crippen LogP contribution is 2.30. The summed E-state index contributed by atoms with van der Waals surface area (Å²) in [5.41, 5.74) is 0.731. The van der Waals surface area contributed by atoms with E-state index in [9.17, 15) is 9.59 Å². The van der Waals surface area contributed by atoms with Crippen molar-refractivity contribution in [3.05, 3.63) is 35.9 Å². The van der Waals surface area contributed by atoms with Gasteiger partial charge in [-0.2, -0.15) is 0 Å². The first kappa shape index (κ1) is 16.2. The fourth-order valence-electron chi connectivity index (χ4n) is 2.97. The van der Waals surface area contributed by atoms with Gasteiger partial charge in [0.15, 0.2) is 5.78 Å². The zero-order valence-electron chi connectivity index (χ0n) is 13.6. The van der Waals surface area contributed by atoms with Gasteiger partial charge in [-0.15, -0.1) is 0 Å². The lowest BCUT2D eigenvalue weighted by molar-refractivity contribution is -0.130. The SMILES string of the molecule is O=C(CCCC(=O)N1CCC(OCC2CC2)C1)c1ccccc1. The van der Waals surface area contributed by atoms with Crippen molar-refractivity contribution in [3.8, 4) is 0 Å². The fourth-order valence-corrected chi connectivity index (χ4v) is 2.97. The van der Waals surface area contributed by atoms with Gasteiger partial charge in [0, 0.05) is 38.1 Å². The second kappa shape index (κ2) is 7.73. The van der Waals surface area contributed by atoms with E-state index >= 15 is 0 Å². The molecular weight excluding hydrogens is 290 g/mol. The molecule has 0 radical (unpaired) electrons. The van der Waals surface area contributed by atoms with Crippen molar-refractivity contribution in [2.45, 2.75) is 44.6 Å². The van der Waals surface area contributed by atoms with E-state index in [0.717, 1.165) is 37.6 Å². The number of hydrogen-bond donors (Lipinski definition) is 0. The third-order valence-electron chi connectivity index (χ3n) is 4.65. The molecule has 2 aliphatic rings. The standard InChI is InChI=1S/C19H25NO3/c21-18(16-5-2-1-3-6-16)7-4-8-19(22)20-12-11-17(13-20)23-14-15-9-10-15/h1-3,5-6,15,17H,4,7-14H2. The minimum atomic E-state index is 0.116. The summed E-state index contributed by atoms with van der Waals surface area (Å²) < 4.78 is 5.86. The molecule has 0 N–H and O–H groups in total. The molecular formula is C19H25NO3. The molecule has 1 amide bonds. The number of Topliss-reactive ketones (excluding diaryl/α,β-unsaturated/α-hetero) is 1. The molecule has 4 heteroatoms. The summed E-state index contributed by atoms with van der Waals surface area (Å²) in [5, 5.41) is 0. The molecule has 0 bridgehead atoms. The summed E-state index contributed by atoms with van der Waals surface area (Å²) in [6.45, 7) is 2.37. The van der Waals surface area contributed by atoms with E-state index < -0.39 is 0 Å². The number of carbonyl (C=O) groups excluding carboxylic acids is 2. The van der Waals surface area contributed by atoms with Crippen LogP contribution >= 0.6 is 0 Å². The first-order valence-corrected chi connectivity index (χ1v) is 8.70. The van der Waals surface area contributed by atoms with Crippen LogP contribution < -0.4 is 0 Å². The number of nitrogens with zero attached hydrogens (tertiary/aromatic N) is 1. The van der Waals surface area contributed by atoms with Crippen molar-refractivity contribution in [2.75, 3.05) is 19.7 Å². The van der Waals surface area contributed by atoms with Crippen LogP contribution in [0.3, 0.4) is 0 Å². The van der Waals surface area contributed by atoms with Gasteiger partial charge in [0.1, 0.15) is 0 Å². The number of ether oxygens (including phenoxy) is 1. The molecule has 1 aromatic rings. The summed E-state index contributed by atoms with van der Waals surface area (Å²) in [7, 11) is 0. The minimum Gasteiger partial charge on any atom is -0.376 e. The Labute approximate surface area is 137 Å². The van der Waals surface area contributed by atoms with Gasteiger partial charge in [0.05, 0.1) is 6.10 Å². The maximum absolute atomic E-state index is 12.2. The van der Waals surface area contributed by atoms with E-state index in [4.69, 9.17) is 4.74 Å². The van der Waals surface area contributed by atoms with E-state index in [1.165, 1.54) is 12.8 Å². The van der Waals surface area contributed by atoms with Crippen molar-refractivity contribution in [3.63, 3.8) is 0 Å². The Morgan fingerprint density at radius 1 is 1.09 bits per heavy atom. The zero-order chi connectivity index (χ0) is 16.1. The number of amides is 1. The molecule has 2 fully saturated rings. The highest BCUT2D eigenvalue weighted by atomic mass is 16.5. The van der Waals surface area contributed by atoms with Crippen LogP contribution in [0.15, 0.2) is 30.3 Å². The topological polar surface area (TPSA) is 46.6 Å². The van der Waals surface area contributed by atoms with Crippen molar-refractivity contribution in [1.82, 2.24) is 4.90 Å². The maximum Gasteiger partial charge on any atom is 0.222 e. The highest BCUT2D eigenvalue weighted by Gasteiger charge is 2.29. The Bertz CT molecular complexity index is 539. The molecule has 1 atom stereocenters. The van der Waals surface area contributed by atoms with E-state index in [0.29, 0.717) is 19.3 Å². The van der Waals surface area contributed by atoms with E-state index in [2.05, 4.69) is 0 Å². The Morgan fingerprint density at radius 2 is 1.87 bits per heavy atom. The molecule has 124 valence electrons. The quantitative estimate of drug-likeness (QED) is 0.693. The summed E-state index contributed by atoms with van der Waals surface area (Å²) in [5.74, 6) is 1.04. The number of rotatable bonds is 8. The third kappa shape index (κ3) is 4.90. The summed E-state index contributed by atoms with van der Waals surface area (Å²) in [4.78, 5) is 26.1. The number of ketones is 1. The molecule has 23 heavy (non-hydrogen) atoms. The molecule has 1 saturated carbocycles. The average molecular weight is 315 g/mol. The van der Waals surface area contributed by atoms with Crippen LogP contribution in [-0.2, 0) is 9.53 Å². The van der Waals surface area contributed by atoms with Crippen molar-refractivity contribution in [2.24, 2.45) is 5.92 Å². The molecule has 0 spiro atoms. The van der Waals surface area contributed by atoms with Crippen molar-refractivity contribution in [1.29, 1.82) is 0 Å². The normalized spacial score (nSPS) is 20.7. The minimum absolute atomic E-state index is 0.116. The Balaban J connectivity index is 1.34. The largest absolute Gasteiger partial charge is 0.376 e. The van der Waals surface area contributed by atoms with Gasteiger partial charge in [-0.1, -0.05) is 30.3 Å². The third-order valence-corrected chi connectivity index (χ3v) is 4.65. The molecule has 0 aromatic heterocycles. The Hall–Kier alpha value is -1.68. The van der Waals surface area contributed by atoms with Crippen molar-refractivity contribution >= 4 is 11.7 Å². The van der Waals surface area contributed by atoms with Crippen LogP contribution in [0.5, 0.6) is 0 Å². The van der Waals surface area contributed by atoms with Crippen LogP contribution in [0.25, 0.3) is 0 Å². The fraction of sp³-hybridized carbons (Fsp3) is 0.579. The highest BCUT2D eigenvalue weighted by molar-refractivity contribution is 5.96.